The number of anilines is 2. The number of pyridine rings is 1. The molecule has 0 saturated carbocycles. The van der Waals surface area contributed by atoms with Crippen molar-refractivity contribution < 1.29 is 0 Å². The van der Waals surface area contributed by atoms with E-state index in [4.69, 9.17) is 0 Å². The summed E-state index contributed by atoms with van der Waals surface area (Å²) in [5, 5.41) is 4.56. The minimum absolute atomic E-state index is 0.768. The summed E-state index contributed by atoms with van der Waals surface area (Å²) in [6, 6.07) is 12.7. The molecule has 0 saturated heterocycles. The topological polar surface area (TPSA) is 44.0 Å². The van der Waals surface area contributed by atoms with Gasteiger partial charge in [0.1, 0.15) is 5.82 Å². The molecule has 0 bridgehead atoms. The molecule has 0 unspecified atom stereocenters. The fourth-order valence-electron chi connectivity index (χ4n) is 2.43. The third-order valence-electron chi connectivity index (χ3n) is 3.60. The van der Waals surface area contributed by atoms with Crippen LogP contribution in [0.3, 0.4) is 0 Å². The maximum atomic E-state index is 4.44. The van der Waals surface area contributed by atoms with E-state index in [1.54, 1.807) is 0 Å². The van der Waals surface area contributed by atoms with E-state index in [-0.39, 0.29) is 0 Å². The Labute approximate surface area is 124 Å². The van der Waals surface area contributed by atoms with E-state index in [0.717, 1.165) is 29.0 Å². The zero-order chi connectivity index (χ0) is 14.8. The molecule has 0 atom stereocenters. The van der Waals surface area contributed by atoms with Crippen molar-refractivity contribution in [3.05, 3.63) is 53.9 Å². The predicted molar refractivity (Wildman–Crippen MR) is 88.9 cm³/mol. The van der Waals surface area contributed by atoms with Crippen molar-refractivity contribution in [3.8, 4) is 0 Å². The highest BCUT2D eigenvalue weighted by molar-refractivity contribution is 5.90. The van der Waals surface area contributed by atoms with Gasteiger partial charge in [-0.15, -0.1) is 0 Å². The van der Waals surface area contributed by atoms with Gasteiger partial charge in [-0.25, -0.2) is 4.98 Å². The van der Waals surface area contributed by atoms with E-state index in [9.17, 15) is 0 Å². The molecule has 0 aliphatic heterocycles. The molecule has 3 rings (SSSR count). The molecule has 2 heterocycles. The van der Waals surface area contributed by atoms with Gasteiger partial charge < -0.3 is 15.2 Å². The summed E-state index contributed by atoms with van der Waals surface area (Å²) in [4.78, 5) is 9.87. The fraction of sp³-hybridized carbons (Fsp3) is 0.235. The lowest BCUT2D eigenvalue weighted by Gasteiger charge is -2.13. The highest BCUT2D eigenvalue weighted by atomic mass is 15.1. The minimum Gasteiger partial charge on any atom is -0.378 e. The molecule has 0 spiro atoms. The molecule has 4 heteroatoms. The molecule has 4 nitrogen and oxygen atoms in total. The maximum absolute atomic E-state index is 4.44. The Bertz CT molecular complexity index is 741. The number of nitrogens with one attached hydrogen (secondary N) is 2. The number of aromatic amines is 1. The number of benzene rings is 1. The van der Waals surface area contributed by atoms with Crippen LogP contribution in [0.5, 0.6) is 0 Å². The first-order chi connectivity index (χ1) is 10.1. The molecule has 0 aliphatic carbocycles. The summed E-state index contributed by atoms with van der Waals surface area (Å²) >= 11 is 0. The second-order valence-electron chi connectivity index (χ2n) is 5.49. The number of rotatable bonds is 4. The van der Waals surface area contributed by atoms with Gasteiger partial charge in [0.2, 0.25) is 0 Å². The highest BCUT2D eigenvalue weighted by Crippen LogP contribution is 2.22. The van der Waals surface area contributed by atoms with E-state index in [0.29, 0.717) is 0 Å². The molecule has 2 N–H and O–H groups in total. The Morgan fingerprint density at radius 2 is 1.90 bits per heavy atom. The maximum Gasteiger partial charge on any atom is 0.135 e. The van der Waals surface area contributed by atoms with Crippen molar-refractivity contribution >= 4 is 22.4 Å². The van der Waals surface area contributed by atoms with Crippen LogP contribution in [-0.4, -0.2) is 24.1 Å². The normalized spacial score (nSPS) is 10.8. The Morgan fingerprint density at radius 3 is 2.62 bits per heavy atom. The van der Waals surface area contributed by atoms with E-state index < -0.39 is 0 Å². The van der Waals surface area contributed by atoms with Gasteiger partial charge in [-0.05, 0) is 36.8 Å². The number of hydrogen-bond donors (Lipinski definition) is 2. The molecule has 3 aromatic rings. The molecular formula is C17H20N4. The molecule has 21 heavy (non-hydrogen) atoms. The monoisotopic (exact) mass is 280 g/mol. The van der Waals surface area contributed by atoms with E-state index in [1.807, 2.05) is 26.4 Å². The number of H-pyrrole nitrogens is 1. The zero-order valence-corrected chi connectivity index (χ0v) is 12.6. The van der Waals surface area contributed by atoms with Gasteiger partial charge in [-0.1, -0.05) is 12.1 Å². The van der Waals surface area contributed by atoms with Crippen LogP contribution in [0.4, 0.5) is 11.5 Å². The summed E-state index contributed by atoms with van der Waals surface area (Å²) in [6.07, 6.45) is 1.83. The van der Waals surface area contributed by atoms with Crippen LogP contribution in [-0.2, 0) is 6.54 Å². The predicted octanol–water partition coefficient (Wildman–Crippen LogP) is 3.55. The lowest BCUT2D eigenvalue weighted by molar-refractivity contribution is 1.10. The van der Waals surface area contributed by atoms with E-state index in [2.05, 4.69) is 57.4 Å². The minimum atomic E-state index is 0.768. The van der Waals surface area contributed by atoms with Crippen molar-refractivity contribution in [3.63, 3.8) is 0 Å². The fourth-order valence-corrected chi connectivity index (χ4v) is 2.43. The van der Waals surface area contributed by atoms with Crippen molar-refractivity contribution in [2.45, 2.75) is 13.5 Å². The molecular weight excluding hydrogens is 260 g/mol. The Morgan fingerprint density at radius 1 is 1.14 bits per heavy atom. The van der Waals surface area contributed by atoms with Gasteiger partial charge in [0, 0.05) is 43.6 Å². The molecule has 0 amide bonds. The Balaban J connectivity index is 1.77. The third-order valence-corrected chi connectivity index (χ3v) is 3.60. The molecule has 2 aromatic heterocycles. The number of fused-ring (bicyclic) bond motifs is 1. The van der Waals surface area contributed by atoms with Crippen molar-refractivity contribution in [2.75, 3.05) is 24.3 Å². The summed E-state index contributed by atoms with van der Waals surface area (Å²) in [5.41, 5.74) is 4.72. The largest absolute Gasteiger partial charge is 0.378 e. The SMILES string of the molecule is Cc1cc2c(NCc3ccc(N(C)C)cc3)nccc2[nH]1. The summed E-state index contributed by atoms with van der Waals surface area (Å²) < 4.78 is 0. The lowest BCUT2D eigenvalue weighted by Crippen LogP contribution is -2.08. The number of aromatic nitrogens is 2. The lowest BCUT2D eigenvalue weighted by atomic mass is 10.2. The molecule has 0 radical (unpaired) electrons. The average Bonchev–Trinajstić information content (AvgIpc) is 2.86. The van der Waals surface area contributed by atoms with Gasteiger partial charge in [-0.3, -0.25) is 0 Å². The number of aryl methyl sites for hydroxylation is 1. The quantitative estimate of drug-likeness (QED) is 0.768. The van der Waals surface area contributed by atoms with Crippen molar-refractivity contribution in [2.24, 2.45) is 0 Å². The van der Waals surface area contributed by atoms with Gasteiger partial charge in [0.25, 0.3) is 0 Å². The van der Waals surface area contributed by atoms with Crippen molar-refractivity contribution in [1.82, 2.24) is 9.97 Å². The first-order valence-electron chi connectivity index (χ1n) is 7.08. The van der Waals surface area contributed by atoms with Crippen LogP contribution in [0.2, 0.25) is 0 Å². The first kappa shape index (κ1) is 13.5. The number of hydrogen-bond acceptors (Lipinski definition) is 3. The van der Waals surface area contributed by atoms with Crippen LogP contribution in [0.25, 0.3) is 10.9 Å². The average molecular weight is 280 g/mol. The van der Waals surface area contributed by atoms with E-state index in [1.165, 1.54) is 11.3 Å². The molecule has 0 fully saturated rings. The molecule has 0 aliphatic rings. The second kappa shape index (κ2) is 5.48. The van der Waals surface area contributed by atoms with Gasteiger partial charge >= 0.3 is 0 Å². The van der Waals surface area contributed by atoms with E-state index >= 15 is 0 Å². The van der Waals surface area contributed by atoms with Crippen LogP contribution in [0.15, 0.2) is 42.6 Å². The van der Waals surface area contributed by atoms with Gasteiger partial charge in [0.15, 0.2) is 0 Å². The Hall–Kier alpha value is -2.49. The smallest absolute Gasteiger partial charge is 0.135 e. The van der Waals surface area contributed by atoms with Crippen LogP contribution >= 0.6 is 0 Å². The summed E-state index contributed by atoms with van der Waals surface area (Å²) in [6.45, 7) is 2.83. The molecule has 1 aromatic carbocycles. The summed E-state index contributed by atoms with van der Waals surface area (Å²) in [7, 11) is 4.10. The van der Waals surface area contributed by atoms with Gasteiger partial charge in [-0.2, -0.15) is 0 Å². The summed E-state index contributed by atoms with van der Waals surface area (Å²) in [5.74, 6) is 0.925. The third kappa shape index (κ3) is 2.84. The second-order valence-corrected chi connectivity index (χ2v) is 5.49. The highest BCUT2D eigenvalue weighted by Gasteiger charge is 2.04. The Kier molecular flexibility index (Phi) is 3.52. The standard InChI is InChI=1S/C17H20N4/c1-12-10-15-16(20-12)8-9-18-17(15)19-11-13-4-6-14(7-5-13)21(2)3/h4-10,20H,11H2,1-3H3,(H,18,19). The van der Waals surface area contributed by atoms with Gasteiger partial charge in [0.05, 0.1) is 5.52 Å². The van der Waals surface area contributed by atoms with Crippen LogP contribution in [0.1, 0.15) is 11.3 Å². The first-order valence-corrected chi connectivity index (χ1v) is 7.08. The van der Waals surface area contributed by atoms with Crippen molar-refractivity contribution in [1.29, 1.82) is 0 Å². The van der Waals surface area contributed by atoms with Crippen LogP contribution < -0.4 is 10.2 Å². The number of nitrogens with zero attached hydrogens (tertiary/aromatic N) is 2. The zero-order valence-electron chi connectivity index (χ0n) is 12.6. The van der Waals surface area contributed by atoms with Crippen LogP contribution in [0, 0.1) is 6.92 Å². The molecule has 108 valence electrons.